The van der Waals surface area contributed by atoms with Crippen molar-refractivity contribution in [2.75, 3.05) is 24.5 Å². The molecule has 3 aromatic carbocycles. The molecule has 0 radical (unpaired) electrons. The van der Waals surface area contributed by atoms with E-state index in [0.717, 1.165) is 27.8 Å². The third-order valence-electron chi connectivity index (χ3n) is 8.19. The summed E-state index contributed by atoms with van der Waals surface area (Å²) in [6, 6.07) is 13.3. The smallest absolute Gasteiger partial charge is 0.354 e. The lowest BCUT2D eigenvalue weighted by atomic mass is 9.91. The maximum atomic E-state index is 15.7. The average molecular weight is 571 g/mol. The van der Waals surface area contributed by atoms with E-state index < -0.39 is 5.69 Å². The lowest BCUT2D eigenvalue weighted by molar-refractivity contribution is -0.126. The summed E-state index contributed by atoms with van der Waals surface area (Å²) in [5.74, 6) is 0.581. The summed E-state index contributed by atoms with van der Waals surface area (Å²) in [5, 5.41) is 1.22. The number of anilines is 1. The van der Waals surface area contributed by atoms with Gasteiger partial charge in [0.15, 0.2) is 5.75 Å². The SMILES string of the molecule is C=CC(=O)N1CCN(c2nc(=O)n(-c3ccccc3CC)c3c4c(c(C)cc23)-c2c(ccc(P)c2F)CO4)[C@@H](C)C1. The Balaban J connectivity index is 1.68. The second-order valence-corrected chi connectivity index (χ2v) is 11.3. The fraction of sp³-hybridized carbons (Fsp3) is 0.281. The van der Waals surface area contributed by atoms with Crippen LogP contribution in [0, 0.1) is 12.7 Å². The molecule has 1 aromatic heterocycles. The number of aromatic nitrogens is 2. The molecular formula is C32H32FN4O3P. The number of nitrogens with zero attached hydrogens (tertiary/aromatic N) is 4. The molecule has 210 valence electrons. The van der Waals surface area contributed by atoms with Crippen molar-refractivity contribution in [1.82, 2.24) is 14.5 Å². The van der Waals surface area contributed by atoms with Gasteiger partial charge < -0.3 is 14.5 Å². The second-order valence-electron chi connectivity index (χ2n) is 10.7. The highest BCUT2D eigenvalue weighted by molar-refractivity contribution is 7.27. The van der Waals surface area contributed by atoms with Gasteiger partial charge in [-0.15, -0.1) is 9.24 Å². The van der Waals surface area contributed by atoms with Crippen molar-refractivity contribution in [3.63, 3.8) is 0 Å². The Morgan fingerprint density at radius 3 is 2.73 bits per heavy atom. The van der Waals surface area contributed by atoms with Crippen LogP contribution in [0.4, 0.5) is 10.2 Å². The zero-order chi connectivity index (χ0) is 29.0. The van der Waals surface area contributed by atoms with Crippen LogP contribution in [0.15, 0.2) is 59.9 Å². The molecule has 9 heteroatoms. The van der Waals surface area contributed by atoms with E-state index >= 15 is 4.39 Å². The molecule has 41 heavy (non-hydrogen) atoms. The van der Waals surface area contributed by atoms with Gasteiger partial charge in [0.2, 0.25) is 5.91 Å². The van der Waals surface area contributed by atoms with Crippen LogP contribution in [0.3, 0.4) is 0 Å². The number of benzene rings is 3. The Morgan fingerprint density at radius 1 is 1.22 bits per heavy atom. The Morgan fingerprint density at radius 2 is 2.00 bits per heavy atom. The molecule has 1 unspecified atom stereocenters. The van der Waals surface area contributed by atoms with E-state index in [1.165, 1.54) is 6.08 Å². The molecule has 4 aromatic rings. The van der Waals surface area contributed by atoms with E-state index in [-0.39, 0.29) is 24.4 Å². The van der Waals surface area contributed by atoms with Crippen molar-refractivity contribution in [2.45, 2.75) is 39.8 Å². The van der Waals surface area contributed by atoms with Gasteiger partial charge in [0.1, 0.15) is 23.8 Å². The van der Waals surface area contributed by atoms with Gasteiger partial charge in [0.05, 0.1) is 5.69 Å². The molecule has 1 amide bonds. The van der Waals surface area contributed by atoms with E-state index in [9.17, 15) is 9.59 Å². The number of amides is 1. The number of piperazine rings is 1. The summed E-state index contributed by atoms with van der Waals surface area (Å²) >= 11 is 0. The number of rotatable bonds is 4. The number of fused-ring (bicyclic) bond motifs is 5. The van der Waals surface area contributed by atoms with Crippen LogP contribution in [0.2, 0.25) is 0 Å². The third-order valence-corrected chi connectivity index (χ3v) is 8.64. The summed E-state index contributed by atoms with van der Waals surface area (Å²) in [6.45, 7) is 11.3. The predicted molar refractivity (Wildman–Crippen MR) is 164 cm³/mol. The van der Waals surface area contributed by atoms with Gasteiger partial charge >= 0.3 is 5.69 Å². The van der Waals surface area contributed by atoms with E-state index in [2.05, 4.69) is 25.7 Å². The van der Waals surface area contributed by atoms with Crippen molar-refractivity contribution in [3.8, 4) is 22.6 Å². The molecule has 0 bridgehead atoms. The maximum Gasteiger partial charge on any atom is 0.354 e. The summed E-state index contributed by atoms with van der Waals surface area (Å²) in [6.07, 6.45) is 2.04. The lowest BCUT2D eigenvalue weighted by Gasteiger charge is -2.40. The Hall–Kier alpha value is -4.03. The van der Waals surface area contributed by atoms with Gasteiger partial charge in [-0.3, -0.25) is 9.36 Å². The van der Waals surface area contributed by atoms with E-state index in [4.69, 9.17) is 4.74 Å². The van der Waals surface area contributed by atoms with Gasteiger partial charge in [-0.25, -0.2) is 9.18 Å². The molecule has 0 N–H and O–H groups in total. The van der Waals surface area contributed by atoms with Crippen LogP contribution in [0.5, 0.6) is 5.75 Å². The lowest BCUT2D eigenvalue weighted by Crippen LogP contribution is -2.54. The van der Waals surface area contributed by atoms with Crippen LogP contribution in [0.25, 0.3) is 27.7 Å². The van der Waals surface area contributed by atoms with E-state index in [0.29, 0.717) is 59.6 Å². The molecule has 2 aliphatic heterocycles. The monoisotopic (exact) mass is 570 g/mol. The molecular weight excluding hydrogens is 538 g/mol. The number of carbonyl (C=O) groups is 1. The van der Waals surface area contributed by atoms with Gasteiger partial charge in [-0.2, -0.15) is 4.98 Å². The van der Waals surface area contributed by atoms with Crippen molar-refractivity contribution >= 4 is 37.2 Å². The summed E-state index contributed by atoms with van der Waals surface area (Å²) in [7, 11) is 2.47. The fourth-order valence-corrected chi connectivity index (χ4v) is 6.40. The van der Waals surface area contributed by atoms with Crippen molar-refractivity contribution in [3.05, 3.63) is 88.1 Å². The first-order valence-electron chi connectivity index (χ1n) is 13.8. The molecule has 0 aliphatic carbocycles. The average Bonchev–Trinajstić information content (AvgIpc) is 2.98. The fourth-order valence-electron chi connectivity index (χ4n) is 6.16. The molecule has 0 spiro atoms. The molecule has 2 atom stereocenters. The van der Waals surface area contributed by atoms with Crippen molar-refractivity contribution in [2.24, 2.45) is 0 Å². The largest absolute Gasteiger partial charge is 0.486 e. The van der Waals surface area contributed by atoms with E-state index in [1.807, 2.05) is 57.2 Å². The topological polar surface area (TPSA) is 67.7 Å². The normalized spacial score (nSPS) is 16.3. The Kier molecular flexibility index (Phi) is 6.90. The molecule has 7 nitrogen and oxygen atoms in total. The summed E-state index contributed by atoms with van der Waals surface area (Å²) in [4.78, 5) is 34.9. The molecule has 1 fully saturated rings. The summed E-state index contributed by atoms with van der Waals surface area (Å²) < 4.78 is 23.7. The first-order valence-corrected chi connectivity index (χ1v) is 14.4. The quantitative estimate of drug-likeness (QED) is 0.263. The van der Waals surface area contributed by atoms with Crippen LogP contribution in [-0.2, 0) is 17.8 Å². The molecule has 0 saturated carbocycles. The minimum absolute atomic E-state index is 0.100. The molecule has 6 rings (SSSR count). The van der Waals surface area contributed by atoms with E-state index in [1.54, 1.807) is 15.5 Å². The predicted octanol–water partition coefficient (Wildman–Crippen LogP) is 4.68. The molecule has 3 heterocycles. The number of aryl methyl sites for hydroxylation is 2. The minimum atomic E-state index is -0.439. The van der Waals surface area contributed by atoms with Gasteiger partial charge in [0.25, 0.3) is 0 Å². The highest BCUT2D eigenvalue weighted by atomic mass is 31.0. The van der Waals surface area contributed by atoms with Crippen molar-refractivity contribution in [1.29, 1.82) is 0 Å². The Labute approximate surface area is 240 Å². The maximum absolute atomic E-state index is 15.7. The third kappa shape index (κ3) is 4.32. The molecule has 2 aliphatic rings. The number of carbonyl (C=O) groups excluding carboxylic acids is 1. The number of halogens is 1. The zero-order valence-electron chi connectivity index (χ0n) is 23.4. The number of para-hydroxylation sites is 1. The zero-order valence-corrected chi connectivity index (χ0v) is 24.6. The Bertz CT molecular complexity index is 1800. The second kappa shape index (κ2) is 10.4. The summed E-state index contributed by atoms with van der Waals surface area (Å²) in [5.41, 5.74) is 4.57. The number of ether oxygens (including phenoxy) is 1. The number of hydrogen-bond donors (Lipinski definition) is 0. The minimum Gasteiger partial charge on any atom is -0.486 e. The van der Waals surface area contributed by atoms with Gasteiger partial charge in [0, 0.05) is 53.1 Å². The van der Waals surface area contributed by atoms with Crippen LogP contribution >= 0.6 is 9.24 Å². The van der Waals surface area contributed by atoms with Crippen LogP contribution in [-0.4, -0.2) is 46.0 Å². The standard InChI is InChI=1S/C32H32FN4O3P/c1-5-20-9-7-8-10-23(20)37-29-22(31(34-32(37)39)36-14-13-35(16-19(36)4)25(38)6-2)15-18(3)26-27-21(17-40-30(26)29)11-12-24(41)28(27)33/h6-12,15,19H,2,5,13-14,16-17,41H2,1,3-4H3/t19-/m0/s1. The van der Waals surface area contributed by atoms with Crippen molar-refractivity contribution < 1.29 is 13.9 Å². The first kappa shape index (κ1) is 27.2. The van der Waals surface area contributed by atoms with Gasteiger partial charge in [-0.05, 0) is 49.6 Å². The highest BCUT2D eigenvalue weighted by Gasteiger charge is 2.33. The van der Waals surface area contributed by atoms with Crippen LogP contribution < -0.4 is 20.6 Å². The highest BCUT2D eigenvalue weighted by Crippen LogP contribution is 2.47. The first-order chi connectivity index (χ1) is 19.7. The van der Waals surface area contributed by atoms with Crippen LogP contribution in [0.1, 0.15) is 30.5 Å². The van der Waals surface area contributed by atoms with Gasteiger partial charge in [-0.1, -0.05) is 43.8 Å². The molecule has 1 saturated heterocycles. The number of hydrogen-bond acceptors (Lipinski definition) is 5.